The minimum Gasteiger partial charge on any atom is -0.465 e. The van der Waals surface area contributed by atoms with Gasteiger partial charge in [-0.05, 0) is 30.3 Å². The summed E-state index contributed by atoms with van der Waals surface area (Å²) in [6, 6.07) is 11.5. The van der Waals surface area contributed by atoms with E-state index in [1.165, 1.54) is 18.1 Å². The topological polar surface area (TPSA) is 79.7 Å². The SMILES string of the molecule is COC(=O)c1ccc2c(=O)[nH]c(C[NH+]3CCN(c4ccccc4F)CC3)nc2c1. The van der Waals surface area contributed by atoms with Gasteiger partial charge in [0.25, 0.3) is 5.56 Å². The maximum absolute atomic E-state index is 14.0. The summed E-state index contributed by atoms with van der Waals surface area (Å²) in [5.41, 5.74) is 1.22. The third-order valence-electron chi connectivity index (χ3n) is 5.26. The number of aromatic amines is 1. The van der Waals surface area contributed by atoms with Gasteiger partial charge >= 0.3 is 5.97 Å². The second kappa shape index (κ2) is 8.00. The lowest BCUT2D eigenvalue weighted by Gasteiger charge is -2.33. The molecule has 2 N–H and O–H groups in total. The van der Waals surface area contributed by atoms with Gasteiger partial charge in [0.05, 0.1) is 55.4 Å². The molecule has 0 atom stereocenters. The van der Waals surface area contributed by atoms with Gasteiger partial charge in [-0.1, -0.05) is 12.1 Å². The lowest BCUT2D eigenvalue weighted by Crippen LogP contribution is -3.13. The molecule has 1 aliphatic rings. The first kappa shape index (κ1) is 19.1. The van der Waals surface area contributed by atoms with E-state index in [-0.39, 0.29) is 11.4 Å². The number of methoxy groups -OCH3 is 1. The normalized spacial score (nSPS) is 14.9. The highest BCUT2D eigenvalue weighted by Crippen LogP contribution is 2.18. The zero-order valence-corrected chi connectivity index (χ0v) is 16.1. The fourth-order valence-electron chi connectivity index (χ4n) is 3.70. The fourth-order valence-corrected chi connectivity index (χ4v) is 3.70. The van der Waals surface area contributed by atoms with Crippen molar-refractivity contribution in [2.24, 2.45) is 0 Å². The molecule has 0 radical (unpaired) electrons. The van der Waals surface area contributed by atoms with Crippen LogP contribution in [0.5, 0.6) is 0 Å². The van der Waals surface area contributed by atoms with Crippen molar-refractivity contribution in [2.45, 2.75) is 6.54 Å². The number of quaternary nitrogens is 1. The van der Waals surface area contributed by atoms with Crippen LogP contribution < -0.4 is 15.4 Å². The van der Waals surface area contributed by atoms with Crippen LogP contribution in [-0.2, 0) is 11.3 Å². The second-order valence-electron chi connectivity index (χ2n) is 7.10. The van der Waals surface area contributed by atoms with Gasteiger partial charge in [-0.2, -0.15) is 0 Å². The second-order valence-corrected chi connectivity index (χ2v) is 7.10. The number of H-pyrrole nitrogens is 1. The zero-order chi connectivity index (χ0) is 20.4. The van der Waals surface area contributed by atoms with Crippen LogP contribution in [-0.4, -0.2) is 49.2 Å². The highest BCUT2D eigenvalue weighted by molar-refractivity contribution is 5.93. The van der Waals surface area contributed by atoms with Crippen molar-refractivity contribution in [3.63, 3.8) is 0 Å². The first-order valence-corrected chi connectivity index (χ1v) is 9.49. The number of carbonyl (C=O) groups is 1. The third-order valence-corrected chi connectivity index (χ3v) is 5.26. The molecule has 2 aromatic carbocycles. The number of esters is 1. The monoisotopic (exact) mass is 397 g/mol. The van der Waals surface area contributed by atoms with Crippen LogP contribution in [0.1, 0.15) is 16.2 Å². The van der Waals surface area contributed by atoms with Gasteiger partial charge in [-0.25, -0.2) is 14.2 Å². The summed E-state index contributed by atoms with van der Waals surface area (Å²) in [5, 5.41) is 0.431. The molecule has 0 amide bonds. The number of piperazine rings is 1. The maximum atomic E-state index is 14.0. The smallest absolute Gasteiger partial charge is 0.337 e. The van der Waals surface area contributed by atoms with E-state index in [0.29, 0.717) is 34.5 Å². The third kappa shape index (κ3) is 3.97. The van der Waals surface area contributed by atoms with Crippen molar-refractivity contribution in [3.05, 3.63) is 70.0 Å². The van der Waals surface area contributed by atoms with E-state index in [9.17, 15) is 14.0 Å². The Bertz CT molecular complexity index is 1110. The van der Waals surface area contributed by atoms with E-state index in [0.717, 1.165) is 26.2 Å². The number of aromatic nitrogens is 2. The maximum Gasteiger partial charge on any atom is 0.337 e. The number of para-hydroxylation sites is 1. The van der Waals surface area contributed by atoms with E-state index in [4.69, 9.17) is 4.74 Å². The highest BCUT2D eigenvalue weighted by Gasteiger charge is 2.23. The molecule has 3 aromatic rings. The number of carbonyl (C=O) groups excluding carboxylic acids is 1. The lowest BCUT2D eigenvalue weighted by molar-refractivity contribution is -0.915. The molecular weight excluding hydrogens is 375 g/mol. The average Bonchev–Trinajstić information content (AvgIpc) is 2.74. The van der Waals surface area contributed by atoms with Gasteiger partial charge in [0, 0.05) is 0 Å². The van der Waals surface area contributed by atoms with E-state index in [1.54, 1.807) is 30.3 Å². The molecule has 1 fully saturated rings. The van der Waals surface area contributed by atoms with Crippen LogP contribution in [0.3, 0.4) is 0 Å². The number of rotatable bonds is 4. The molecule has 0 bridgehead atoms. The molecule has 2 heterocycles. The van der Waals surface area contributed by atoms with Crippen molar-refractivity contribution in [1.82, 2.24) is 9.97 Å². The summed E-state index contributed by atoms with van der Waals surface area (Å²) in [6.07, 6.45) is 0. The Balaban J connectivity index is 1.49. The number of benzene rings is 2. The number of halogens is 1. The van der Waals surface area contributed by atoms with Crippen LogP contribution >= 0.6 is 0 Å². The predicted octanol–water partition coefficient (Wildman–Crippen LogP) is 0.754. The number of fused-ring (bicyclic) bond motifs is 1. The summed E-state index contributed by atoms with van der Waals surface area (Å²) in [6.45, 7) is 3.61. The fraction of sp³-hybridized carbons (Fsp3) is 0.286. The van der Waals surface area contributed by atoms with Crippen LogP contribution in [0.15, 0.2) is 47.3 Å². The Morgan fingerprint density at radius 3 is 2.72 bits per heavy atom. The summed E-state index contributed by atoms with van der Waals surface area (Å²) < 4.78 is 18.7. The molecule has 7 nitrogen and oxygen atoms in total. The van der Waals surface area contributed by atoms with Gasteiger partial charge in [-0.15, -0.1) is 0 Å². The van der Waals surface area contributed by atoms with E-state index < -0.39 is 5.97 Å². The molecule has 150 valence electrons. The van der Waals surface area contributed by atoms with Gasteiger partial charge in [0.2, 0.25) is 0 Å². The van der Waals surface area contributed by atoms with Crippen LogP contribution in [0.25, 0.3) is 10.9 Å². The first-order chi connectivity index (χ1) is 14.0. The van der Waals surface area contributed by atoms with Crippen molar-refractivity contribution >= 4 is 22.6 Å². The zero-order valence-electron chi connectivity index (χ0n) is 16.1. The molecule has 1 saturated heterocycles. The number of ether oxygens (including phenoxy) is 1. The number of hydrogen-bond donors (Lipinski definition) is 2. The van der Waals surface area contributed by atoms with Gasteiger partial charge in [0.1, 0.15) is 12.4 Å². The molecule has 0 aliphatic carbocycles. The molecule has 8 heteroatoms. The Morgan fingerprint density at radius 1 is 1.24 bits per heavy atom. The lowest BCUT2D eigenvalue weighted by atomic mass is 10.1. The largest absolute Gasteiger partial charge is 0.465 e. The van der Waals surface area contributed by atoms with Crippen LogP contribution in [0, 0.1) is 5.82 Å². The first-order valence-electron chi connectivity index (χ1n) is 9.49. The van der Waals surface area contributed by atoms with Crippen molar-refractivity contribution < 1.29 is 18.8 Å². The Labute approximate surface area is 166 Å². The van der Waals surface area contributed by atoms with Gasteiger partial charge in [0.15, 0.2) is 5.82 Å². The minimum atomic E-state index is -0.467. The highest BCUT2D eigenvalue weighted by atomic mass is 19.1. The molecule has 1 aliphatic heterocycles. The average molecular weight is 397 g/mol. The van der Waals surface area contributed by atoms with Gasteiger partial charge in [-0.3, -0.25) is 4.79 Å². The van der Waals surface area contributed by atoms with Crippen LogP contribution in [0.4, 0.5) is 10.1 Å². The quantitative estimate of drug-likeness (QED) is 0.636. The summed E-state index contributed by atoms with van der Waals surface area (Å²) in [4.78, 5) is 34.8. The molecule has 4 rings (SSSR count). The Kier molecular flexibility index (Phi) is 5.26. The van der Waals surface area contributed by atoms with E-state index >= 15 is 0 Å². The number of nitrogens with zero attached hydrogens (tertiary/aromatic N) is 2. The van der Waals surface area contributed by atoms with Crippen molar-refractivity contribution in [3.8, 4) is 0 Å². The number of hydrogen-bond acceptors (Lipinski definition) is 5. The molecular formula is C21H22FN4O3+. The summed E-state index contributed by atoms with van der Waals surface area (Å²) >= 11 is 0. The molecule has 1 aromatic heterocycles. The molecule has 29 heavy (non-hydrogen) atoms. The summed E-state index contributed by atoms with van der Waals surface area (Å²) in [5.74, 6) is -0.109. The standard InChI is InChI=1S/C21H21FN4O3/c1-29-21(28)14-6-7-15-17(12-14)23-19(24-20(15)27)13-25-8-10-26(11-9-25)18-5-3-2-4-16(18)22/h2-7,12H,8-11,13H2,1H3,(H,23,24,27)/p+1. The van der Waals surface area contributed by atoms with Crippen molar-refractivity contribution in [2.75, 3.05) is 38.2 Å². The Hall–Kier alpha value is -3.26. The predicted molar refractivity (Wildman–Crippen MR) is 107 cm³/mol. The van der Waals surface area contributed by atoms with E-state index in [2.05, 4.69) is 9.97 Å². The molecule has 0 saturated carbocycles. The van der Waals surface area contributed by atoms with Gasteiger partial charge < -0.3 is 19.5 Å². The van der Waals surface area contributed by atoms with Crippen LogP contribution in [0.2, 0.25) is 0 Å². The summed E-state index contributed by atoms with van der Waals surface area (Å²) in [7, 11) is 1.31. The minimum absolute atomic E-state index is 0.210. The number of nitrogens with one attached hydrogen (secondary N) is 2. The number of anilines is 1. The Morgan fingerprint density at radius 2 is 2.00 bits per heavy atom. The van der Waals surface area contributed by atoms with Crippen molar-refractivity contribution in [1.29, 1.82) is 0 Å². The van der Waals surface area contributed by atoms with E-state index in [1.807, 2.05) is 11.0 Å². The molecule has 0 unspecified atom stereocenters. The molecule has 0 spiro atoms.